The Morgan fingerprint density at radius 3 is 2.33 bits per heavy atom. The molecule has 1 aromatic carbocycles. The number of nitrogens with two attached hydrogens (primary N) is 1. The molecule has 2 aromatic rings. The average Bonchev–Trinajstić information content (AvgIpc) is 2.34. The van der Waals surface area contributed by atoms with Crippen molar-refractivity contribution in [3.63, 3.8) is 0 Å². The van der Waals surface area contributed by atoms with E-state index in [2.05, 4.69) is 16.4 Å². The molecule has 0 fully saturated rings. The molecule has 0 amide bonds. The first kappa shape index (κ1) is 15.3. The molecule has 0 aliphatic carbocycles. The van der Waals surface area contributed by atoms with Gasteiger partial charge in [-0.25, -0.2) is 0 Å². The Morgan fingerprint density at radius 2 is 1.72 bits per heavy atom. The molecule has 2 N–H and O–H groups in total. The third-order valence-corrected chi connectivity index (χ3v) is 3.22. The molecule has 0 radical (unpaired) electrons. The molecule has 2 rings (SSSR count). The summed E-state index contributed by atoms with van der Waals surface area (Å²) < 4.78 is 0. The van der Waals surface area contributed by atoms with Crippen LogP contribution in [0.3, 0.4) is 0 Å². The number of aromatic nitrogens is 1. The van der Waals surface area contributed by atoms with Crippen LogP contribution in [0.2, 0.25) is 10.0 Å². The molecule has 0 saturated heterocycles. The van der Waals surface area contributed by atoms with Crippen molar-refractivity contribution < 1.29 is 17.7 Å². The second-order valence-electron chi connectivity index (χ2n) is 3.76. The van der Waals surface area contributed by atoms with Crippen molar-refractivity contribution in [2.75, 3.05) is 0 Å². The number of quaternary nitrogens is 1. The predicted molar refractivity (Wildman–Crippen MR) is 70.0 cm³/mol. The number of pyridine rings is 1. The van der Waals surface area contributed by atoms with Gasteiger partial charge in [-0.15, -0.1) is 0 Å². The van der Waals surface area contributed by atoms with Crippen LogP contribution in [0, 0.1) is 0 Å². The van der Waals surface area contributed by atoms with Crippen molar-refractivity contribution in [1.29, 1.82) is 0 Å². The molecule has 0 aliphatic rings. The van der Waals surface area contributed by atoms with E-state index in [0.29, 0.717) is 0 Å². The molecule has 0 saturated carbocycles. The molecule has 1 aromatic heterocycles. The molecule has 5 heteroatoms. The van der Waals surface area contributed by atoms with Gasteiger partial charge in [-0.05, 0) is 18.2 Å². The summed E-state index contributed by atoms with van der Waals surface area (Å²) in [6, 6.07) is 9.57. The second kappa shape index (κ2) is 7.59. The van der Waals surface area contributed by atoms with E-state index in [9.17, 15) is 0 Å². The van der Waals surface area contributed by atoms with E-state index in [0.717, 1.165) is 28.7 Å². The van der Waals surface area contributed by atoms with Gasteiger partial charge in [0.15, 0.2) is 0 Å². The molecule has 2 nitrogen and oxygen atoms in total. The van der Waals surface area contributed by atoms with Crippen LogP contribution in [0.4, 0.5) is 0 Å². The standard InChI is InChI=1S/C13H12Cl2N2.ClH/c14-12-4-1-5-13(15)11(12)9-17-8-10-3-2-6-16-7-10;/h1-7,17H,8-9H2;1H. The van der Waals surface area contributed by atoms with Gasteiger partial charge in [-0.3, -0.25) is 4.98 Å². The SMILES string of the molecule is Clc1cccc(Cl)c1C[NH2+]Cc1cccnc1.[Cl-]. The Bertz CT molecular complexity index is 469. The summed E-state index contributed by atoms with van der Waals surface area (Å²) >= 11 is 12.2. The van der Waals surface area contributed by atoms with Crippen LogP contribution in [0.1, 0.15) is 11.1 Å². The minimum absolute atomic E-state index is 0. The lowest BCUT2D eigenvalue weighted by Crippen LogP contribution is -3.00. The van der Waals surface area contributed by atoms with Gasteiger partial charge in [0, 0.05) is 23.5 Å². The van der Waals surface area contributed by atoms with E-state index < -0.39 is 0 Å². The van der Waals surface area contributed by atoms with Gasteiger partial charge >= 0.3 is 0 Å². The van der Waals surface area contributed by atoms with Crippen LogP contribution in [-0.4, -0.2) is 4.98 Å². The average molecular weight is 304 g/mol. The third-order valence-electron chi connectivity index (χ3n) is 2.51. The molecular weight excluding hydrogens is 291 g/mol. The van der Waals surface area contributed by atoms with Crippen molar-refractivity contribution >= 4 is 23.2 Å². The van der Waals surface area contributed by atoms with E-state index in [4.69, 9.17) is 23.2 Å². The Kier molecular flexibility index (Phi) is 6.44. The number of hydrogen-bond donors (Lipinski definition) is 1. The summed E-state index contributed by atoms with van der Waals surface area (Å²) in [5.74, 6) is 0. The third kappa shape index (κ3) is 4.14. The van der Waals surface area contributed by atoms with E-state index in [-0.39, 0.29) is 12.4 Å². The Balaban J connectivity index is 0.00000162. The highest BCUT2D eigenvalue weighted by Crippen LogP contribution is 2.22. The van der Waals surface area contributed by atoms with Crippen molar-refractivity contribution in [2.24, 2.45) is 0 Å². The first-order valence-corrected chi connectivity index (χ1v) is 6.16. The quantitative estimate of drug-likeness (QED) is 0.822. The van der Waals surface area contributed by atoms with Gasteiger partial charge < -0.3 is 17.7 Å². The van der Waals surface area contributed by atoms with Crippen LogP contribution >= 0.6 is 23.2 Å². The smallest absolute Gasteiger partial charge is 0.104 e. The van der Waals surface area contributed by atoms with Crippen molar-refractivity contribution in [2.45, 2.75) is 13.1 Å². The monoisotopic (exact) mass is 302 g/mol. The molecule has 0 aliphatic heterocycles. The topological polar surface area (TPSA) is 29.5 Å². The van der Waals surface area contributed by atoms with Gasteiger partial charge in [-0.1, -0.05) is 35.3 Å². The zero-order valence-electron chi connectivity index (χ0n) is 9.61. The lowest BCUT2D eigenvalue weighted by Gasteiger charge is -2.05. The summed E-state index contributed by atoms with van der Waals surface area (Å²) in [6.07, 6.45) is 3.64. The first-order valence-electron chi connectivity index (χ1n) is 5.41. The van der Waals surface area contributed by atoms with Crippen LogP contribution in [0.5, 0.6) is 0 Å². The number of rotatable bonds is 4. The highest BCUT2D eigenvalue weighted by molar-refractivity contribution is 6.35. The molecule has 96 valence electrons. The van der Waals surface area contributed by atoms with Crippen LogP contribution in [0.25, 0.3) is 0 Å². The Hall–Kier alpha value is -0.800. The fourth-order valence-electron chi connectivity index (χ4n) is 1.63. The molecule has 0 bridgehead atoms. The van der Waals surface area contributed by atoms with Crippen LogP contribution < -0.4 is 17.7 Å². The van der Waals surface area contributed by atoms with E-state index in [1.165, 1.54) is 5.56 Å². The van der Waals surface area contributed by atoms with Gasteiger partial charge in [0.1, 0.15) is 13.1 Å². The normalized spacial score (nSPS) is 9.89. The summed E-state index contributed by atoms with van der Waals surface area (Å²) in [7, 11) is 0. The summed E-state index contributed by atoms with van der Waals surface area (Å²) in [4.78, 5) is 4.07. The lowest BCUT2D eigenvalue weighted by molar-refractivity contribution is -0.686. The van der Waals surface area contributed by atoms with E-state index in [1.54, 1.807) is 6.20 Å². The second-order valence-corrected chi connectivity index (χ2v) is 4.57. The molecule has 18 heavy (non-hydrogen) atoms. The lowest BCUT2D eigenvalue weighted by atomic mass is 10.2. The molecule has 0 unspecified atom stereocenters. The molecular formula is C13H13Cl3N2. The Labute approximate surface area is 123 Å². The predicted octanol–water partition coefficient (Wildman–Crippen LogP) is -0.344. The highest BCUT2D eigenvalue weighted by atomic mass is 35.5. The van der Waals surface area contributed by atoms with Crippen molar-refractivity contribution in [3.8, 4) is 0 Å². The largest absolute Gasteiger partial charge is 1.00 e. The van der Waals surface area contributed by atoms with Crippen LogP contribution in [0.15, 0.2) is 42.7 Å². The fraction of sp³-hybridized carbons (Fsp3) is 0.154. The number of hydrogen-bond acceptors (Lipinski definition) is 1. The molecule has 0 atom stereocenters. The number of halogens is 3. The maximum Gasteiger partial charge on any atom is 0.104 e. The van der Waals surface area contributed by atoms with E-state index in [1.807, 2.05) is 30.5 Å². The van der Waals surface area contributed by atoms with Crippen LogP contribution in [-0.2, 0) is 13.1 Å². The van der Waals surface area contributed by atoms with Crippen molar-refractivity contribution in [3.05, 3.63) is 63.9 Å². The number of nitrogens with zero attached hydrogens (tertiary/aromatic N) is 1. The zero-order chi connectivity index (χ0) is 12.1. The zero-order valence-corrected chi connectivity index (χ0v) is 11.9. The first-order chi connectivity index (χ1) is 8.27. The minimum Gasteiger partial charge on any atom is -1.00 e. The maximum absolute atomic E-state index is 6.09. The highest BCUT2D eigenvalue weighted by Gasteiger charge is 2.06. The molecule has 0 spiro atoms. The van der Waals surface area contributed by atoms with Gasteiger partial charge in [0.25, 0.3) is 0 Å². The maximum atomic E-state index is 6.09. The number of benzene rings is 1. The van der Waals surface area contributed by atoms with E-state index >= 15 is 0 Å². The summed E-state index contributed by atoms with van der Waals surface area (Å²) in [5, 5.41) is 3.60. The minimum atomic E-state index is 0. The summed E-state index contributed by atoms with van der Waals surface area (Å²) in [6.45, 7) is 1.64. The summed E-state index contributed by atoms with van der Waals surface area (Å²) in [5.41, 5.74) is 2.18. The van der Waals surface area contributed by atoms with Crippen molar-refractivity contribution in [1.82, 2.24) is 4.98 Å². The van der Waals surface area contributed by atoms with Gasteiger partial charge in [-0.2, -0.15) is 0 Å². The molecule has 1 heterocycles. The Morgan fingerprint density at radius 1 is 1.00 bits per heavy atom. The van der Waals surface area contributed by atoms with Gasteiger partial charge in [0.2, 0.25) is 0 Å². The van der Waals surface area contributed by atoms with Gasteiger partial charge in [0.05, 0.1) is 10.0 Å². The fourth-order valence-corrected chi connectivity index (χ4v) is 2.18.